The average molecular weight is 638 g/mol. The highest BCUT2D eigenvalue weighted by molar-refractivity contribution is 6.06. The zero-order valence-corrected chi connectivity index (χ0v) is 26.2. The summed E-state index contributed by atoms with van der Waals surface area (Å²) in [6, 6.07) is 7.98. The van der Waals surface area contributed by atoms with Crippen molar-refractivity contribution in [3.05, 3.63) is 47.5 Å². The average Bonchev–Trinajstić information content (AvgIpc) is 3.77. The number of aromatic hydroxyl groups is 1. The van der Waals surface area contributed by atoms with Gasteiger partial charge in [-0.3, -0.25) is 0 Å². The van der Waals surface area contributed by atoms with Gasteiger partial charge in [0.05, 0.1) is 23.6 Å². The van der Waals surface area contributed by atoms with Crippen molar-refractivity contribution in [2.75, 3.05) is 44.3 Å². The second-order valence-electron chi connectivity index (χ2n) is 14.2. The molecule has 5 heterocycles. The van der Waals surface area contributed by atoms with Crippen molar-refractivity contribution in [1.29, 1.82) is 0 Å². The highest BCUT2D eigenvalue weighted by atomic mass is 19.1. The second kappa shape index (κ2) is 10.9. The predicted molar refractivity (Wildman–Crippen MR) is 176 cm³/mol. The lowest BCUT2D eigenvalue weighted by molar-refractivity contribution is 0.139. The van der Waals surface area contributed by atoms with Crippen LogP contribution in [0.25, 0.3) is 32.8 Å². The number of hydrogen-bond acceptors (Lipinski definition) is 8. The molecule has 1 aromatic heterocycles. The van der Waals surface area contributed by atoms with Gasteiger partial charge in [0.25, 0.3) is 0 Å². The molecule has 3 saturated heterocycles. The van der Waals surface area contributed by atoms with Gasteiger partial charge >= 0.3 is 6.01 Å². The standard InChI is InChI=1S/C37H37F2N5O3/c1-2-24-27(38)8-6-21-14-23(45)15-25(31(21)24)26-16-30-32-34(33(26)39)41-36(47-20-37(10-11-37)19-43-12-4-3-5-13-43)42-35(32)44-17-22-7-9-28(40-22)29(44)18-46-30/h1,6,8,14-16,22,28-29,40,45H,3-5,7,9-13,17-20H2/t22-,28+,29-/m1/s1. The zero-order valence-electron chi connectivity index (χ0n) is 26.2. The van der Waals surface area contributed by atoms with Gasteiger partial charge < -0.3 is 29.7 Å². The van der Waals surface area contributed by atoms with Gasteiger partial charge in [-0.1, -0.05) is 18.4 Å². The summed E-state index contributed by atoms with van der Waals surface area (Å²) in [5.74, 6) is 2.16. The van der Waals surface area contributed by atoms with Crippen LogP contribution in [-0.2, 0) is 0 Å². The second-order valence-corrected chi connectivity index (χ2v) is 14.2. The predicted octanol–water partition coefficient (Wildman–Crippen LogP) is 5.76. The summed E-state index contributed by atoms with van der Waals surface area (Å²) in [7, 11) is 0. The van der Waals surface area contributed by atoms with Crippen LogP contribution in [0, 0.1) is 29.4 Å². The van der Waals surface area contributed by atoms with Gasteiger partial charge in [-0.2, -0.15) is 9.97 Å². The largest absolute Gasteiger partial charge is 0.508 e. The number of phenols is 1. The Kier molecular flexibility index (Phi) is 6.74. The van der Waals surface area contributed by atoms with E-state index in [0.29, 0.717) is 47.0 Å². The molecule has 0 radical (unpaired) electrons. The van der Waals surface area contributed by atoms with Crippen LogP contribution in [0.4, 0.5) is 14.6 Å². The molecule has 1 aliphatic carbocycles. The number of nitrogens with one attached hydrogen (secondary N) is 1. The normalized spacial score (nSPS) is 24.4. The highest BCUT2D eigenvalue weighted by Gasteiger charge is 2.46. The monoisotopic (exact) mass is 637 g/mol. The number of fused-ring (bicyclic) bond motifs is 6. The highest BCUT2D eigenvalue weighted by Crippen LogP contribution is 2.49. The lowest BCUT2D eigenvalue weighted by Crippen LogP contribution is -2.60. The van der Waals surface area contributed by atoms with E-state index >= 15 is 4.39 Å². The SMILES string of the molecule is C#Cc1c(F)ccc2cc(O)cc(-c3cc4c5c(nc(OCC6(CN7CCCCC7)CC6)nc5c3F)N3C[C@H]5CC[C@H](N5)[C@H]3CO4)c12. The molecule has 0 spiro atoms. The first-order valence-corrected chi connectivity index (χ1v) is 16.9. The molecule has 47 heavy (non-hydrogen) atoms. The van der Waals surface area contributed by atoms with Gasteiger partial charge in [0.2, 0.25) is 0 Å². The van der Waals surface area contributed by atoms with Crippen molar-refractivity contribution in [2.24, 2.45) is 5.41 Å². The first-order chi connectivity index (χ1) is 22.9. The summed E-state index contributed by atoms with van der Waals surface area (Å²) < 4.78 is 45.0. The molecule has 4 fully saturated rings. The van der Waals surface area contributed by atoms with Crippen LogP contribution in [0.5, 0.6) is 17.5 Å². The molecular formula is C37H37F2N5O3. The molecule has 9 rings (SSSR count). The first-order valence-electron chi connectivity index (χ1n) is 16.9. The van der Waals surface area contributed by atoms with Crippen molar-refractivity contribution in [3.63, 3.8) is 0 Å². The number of terminal acetylenes is 1. The third-order valence-corrected chi connectivity index (χ3v) is 11.0. The fourth-order valence-electron chi connectivity index (χ4n) is 8.42. The van der Waals surface area contributed by atoms with Crippen molar-refractivity contribution in [2.45, 2.75) is 63.1 Å². The zero-order chi connectivity index (χ0) is 31.9. The number of piperazine rings is 1. The molecule has 2 N–H and O–H groups in total. The Bertz CT molecular complexity index is 1970. The number of piperidine rings is 1. The molecule has 242 valence electrons. The number of anilines is 1. The number of rotatable bonds is 6. The van der Waals surface area contributed by atoms with Gasteiger partial charge in [-0.15, -0.1) is 6.42 Å². The summed E-state index contributed by atoms with van der Waals surface area (Å²) in [5, 5.41) is 15.7. The third kappa shape index (κ3) is 4.85. The fraction of sp³-hybridized carbons (Fsp3) is 0.459. The Hall–Kier alpha value is -4.20. The number of ether oxygens (including phenoxy) is 2. The van der Waals surface area contributed by atoms with E-state index in [0.717, 1.165) is 51.9 Å². The number of hydrogen-bond donors (Lipinski definition) is 2. The number of phenolic OH excluding ortho intramolecular Hbond substituents is 1. The summed E-state index contributed by atoms with van der Waals surface area (Å²) in [6.45, 7) is 4.80. The smallest absolute Gasteiger partial charge is 0.319 e. The number of benzene rings is 3. The molecular weight excluding hydrogens is 600 g/mol. The summed E-state index contributed by atoms with van der Waals surface area (Å²) in [5.41, 5.74) is 0.495. The Morgan fingerprint density at radius 2 is 1.91 bits per heavy atom. The minimum absolute atomic E-state index is 0.00107. The molecule has 10 heteroatoms. The van der Waals surface area contributed by atoms with Crippen molar-refractivity contribution in [1.82, 2.24) is 20.2 Å². The summed E-state index contributed by atoms with van der Waals surface area (Å²) in [6.07, 6.45) is 13.8. The summed E-state index contributed by atoms with van der Waals surface area (Å²) >= 11 is 0. The molecule has 0 unspecified atom stereocenters. The maximum Gasteiger partial charge on any atom is 0.319 e. The van der Waals surface area contributed by atoms with E-state index in [1.807, 2.05) is 0 Å². The van der Waals surface area contributed by atoms with Crippen LogP contribution in [0.15, 0.2) is 30.3 Å². The Morgan fingerprint density at radius 3 is 2.72 bits per heavy atom. The van der Waals surface area contributed by atoms with Gasteiger partial charge in [0, 0.05) is 41.5 Å². The van der Waals surface area contributed by atoms with E-state index in [2.05, 4.69) is 21.0 Å². The van der Waals surface area contributed by atoms with E-state index in [9.17, 15) is 9.50 Å². The van der Waals surface area contributed by atoms with Crippen molar-refractivity contribution >= 4 is 27.5 Å². The number of halogens is 2. The molecule has 1 saturated carbocycles. The van der Waals surface area contributed by atoms with Crippen molar-refractivity contribution < 1.29 is 23.4 Å². The minimum atomic E-state index is -0.633. The molecule has 3 atom stereocenters. The van der Waals surface area contributed by atoms with E-state index in [1.165, 1.54) is 43.5 Å². The maximum atomic E-state index is 17.1. The minimum Gasteiger partial charge on any atom is -0.508 e. The molecule has 0 amide bonds. The van der Waals surface area contributed by atoms with E-state index in [-0.39, 0.29) is 51.5 Å². The Balaban J connectivity index is 1.19. The molecule has 4 aliphatic heterocycles. The molecule has 2 bridgehead atoms. The number of aromatic nitrogens is 2. The Labute approximate surface area is 272 Å². The van der Waals surface area contributed by atoms with E-state index < -0.39 is 11.6 Å². The van der Waals surface area contributed by atoms with Gasteiger partial charge in [0.15, 0.2) is 5.82 Å². The maximum absolute atomic E-state index is 17.1. The van der Waals surface area contributed by atoms with Gasteiger partial charge in [0.1, 0.15) is 35.3 Å². The van der Waals surface area contributed by atoms with Crippen LogP contribution >= 0.6 is 0 Å². The fourth-order valence-corrected chi connectivity index (χ4v) is 8.42. The Morgan fingerprint density at radius 1 is 1.06 bits per heavy atom. The lowest BCUT2D eigenvalue weighted by atomic mass is 9.92. The van der Waals surface area contributed by atoms with Crippen LogP contribution in [0.3, 0.4) is 0 Å². The van der Waals surface area contributed by atoms with E-state index in [1.54, 1.807) is 6.07 Å². The molecule has 5 aliphatic rings. The van der Waals surface area contributed by atoms with Crippen LogP contribution in [-0.4, -0.2) is 77.5 Å². The van der Waals surface area contributed by atoms with Crippen LogP contribution in [0.2, 0.25) is 0 Å². The van der Waals surface area contributed by atoms with Gasteiger partial charge in [-0.05, 0) is 86.8 Å². The quantitative estimate of drug-likeness (QED) is 0.259. The van der Waals surface area contributed by atoms with Crippen molar-refractivity contribution in [3.8, 4) is 41.0 Å². The van der Waals surface area contributed by atoms with Gasteiger partial charge in [-0.25, -0.2) is 8.78 Å². The third-order valence-electron chi connectivity index (χ3n) is 11.0. The lowest BCUT2D eigenvalue weighted by Gasteiger charge is -2.40. The first kappa shape index (κ1) is 29.0. The molecule has 8 nitrogen and oxygen atoms in total. The molecule has 3 aromatic carbocycles. The summed E-state index contributed by atoms with van der Waals surface area (Å²) in [4.78, 5) is 14.5. The topological polar surface area (TPSA) is 83.0 Å². The number of nitrogens with zero attached hydrogens (tertiary/aromatic N) is 4. The van der Waals surface area contributed by atoms with Crippen LogP contribution < -0.4 is 19.7 Å². The van der Waals surface area contributed by atoms with E-state index in [4.69, 9.17) is 25.9 Å². The van der Waals surface area contributed by atoms with Crippen LogP contribution in [0.1, 0.15) is 50.5 Å². The number of likely N-dealkylation sites (tertiary alicyclic amines) is 1. The molecule has 4 aromatic rings.